The molecule has 0 amide bonds. The first-order valence-electron chi connectivity index (χ1n) is 12.4. The third-order valence-electron chi connectivity index (χ3n) is 6.26. The van der Waals surface area contributed by atoms with Gasteiger partial charge in [-0.15, -0.1) is 0 Å². The number of carbonyl (C=O) groups is 1. The van der Waals surface area contributed by atoms with E-state index in [-0.39, 0.29) is 12.4 Å². The molecule has 0 aromatic heterocycles. The third-order valence-corrected chi connectivity index (χ3v) is 7.60. The molecule has 1 aliphatic rings. The monoisotopic (exact) mass is 574 g/mol. The second kappa shape index (κ2) is 12.8. The van der Waals surface area contributed by atoms with Crippen molar-refractivity contribution in [3.05, 3.63) is 82.9 Å². The fraction of sp³-hybridized carbons (Fsp3) is 0.345. The molecule has 1 aliphatic heterocycles. The number of methoxy groups -OCH3 is 1. The Bertz CT molecular complexity index is 1380. The highest BCUT2D eigenvalue weighted by atomic mass is 35.5. The molecule has 1 heterocycles. The van der Waals surface area contributed by atoms with Crippen molar-refractivity contribution in [2.75, 3.05) is 45.5 Å². The average molecular weight is 575 g/mol. The van der Waals surface area contributed by atoms with E-state index in [1.165, 1.54) is 13.4 Å². The lowest BCUT2D eigenvalue weighted by molar-refractivity contribution is -0.220. The van der Waals surface area contributed by atoms with Gasteiger partial charge in [-0.05, 0) is 59.5 Å². The molecule has 0 atom stereocenters. The standard InChI is InChI=1S/C29H31ClO8S/c1-34-28(31)18-38-29(19-35-20-29)23-7-9-24(10-8-23)37-17-21-5-3-6-22(15-21)26-12-11-25(16-27(26)30)36-13-4-14-39(2,32)33/h3,5-12,15-16H,4,13-14,17-20H2,1-2H3. The fourth-order valence-corrected chi connectivity index (χ4v) is 4.98. The molecule has 0 spiro atoms. The predicted molar refractivity (Wildman–Crippen MR) is 148 cm³/mol. The number of esters is 1. The highest BCUT2D eigenvalue weighted by molar-refractivity contribution is 7.90. The van der Waals surface area contributed by atoms with Gasteiger partial charge in [0.2, 0.25) is 0 Å². The smallest absolute Gasteiger partial charge is 0.331 e. The summed E-state index contributed by atoms with van der Waals surface area (Å²) in [5, 5.41) is 0.535. The van der Waals surface area contributed by atoms with E-state index in [1.807, 2.05) is 60.7 Å². The van der Waals surface area contributed by atoms with Gasteiger partial charge in [0.15, 0.2) is 0 Å². The summed E-state index contributed by atoms with van der Waals surface area (Å²) in [7, 11) is -1.68. The number of sulfone groups is 1. The Morgan fingerprint density at radius 1 is 1.00 bits per heavy atom. The second-order valence-corrected chi connectivity index (χ2v) is 12.0. The molecule has 208 valence electrons. The fourth-order valence-electron chi connectivity index (χ4n) is 4.06. The zero-order chi connectivity index (χ0) is 27.9. The number of benzene rings is 3. The molecule has 1 saturated heterocycles. The lowest BCUT2D eigenvalue weighted by Crippen LogP contribution is -2.49. The van der Waals surface area contributed by atoms with Crippen molar-refractivity contribution < 1.29 is 36.9 Å². The molecule has 0 bridgehead atoms. The van der Waals surface area contributed by atoms with Gasteiger partial charge in [-0.1, -0.05) is 41.9 Å². The summed E-state index contributed by atoms with van der Waals surface area (Å²) in [6, 6.07) is 20.9. The maximum Gasteiger partial charge on any atom is 0.331 e. The van der Waals surface area contributed by atoms with Gasteiger partial charge < -0.3 is 23.7 Å². The molecule has 0 radical (unpaired) electrons. The van der Waals surface area contributed by atoms with Gasteiger partial charge in [0.05, 0.1) is 37.7 Å². The van der Waals surface area contributed by atoms with Gasteiger partial charge in [0.25, 0.3) is 0 Å². The highest BCUT2D eigenvalue weighted by Gasteiger charge is 2.42. The molecular formula is C29H31ClO8S. The Hall–Kier alpha value is -3.11. The van der Waals surface area contributed by atoms with Gasteiger partial charge in [-0.2, -0.15) is 0 Å². The van der Waals surface area contributed by atoms with E-state index in [9.17, 15) is 13.2 Å². The van der Waals surface area contributed by atoms with Crippen molar-refractivity contribution in [3.63, 3.8) is 0 Å². The molecule has 0 N–H and O–H groups in total. The van der Waals surface area contributed by atoms with Crippen LogP contribution >= 0.6 is 11.6 Å². The van der Waals surface area contributed by atoms with Crippen LogP contribution in [0.5, 0.6) is 11.5 Å². The van der Waals surface area contributed by atoms with E-state index in [1.54, 1.807) is 6.07 Å². The molecule has 39 heavy (non-hydrogen) atoms. The summed E-state index contributed by atoms with van der Waals surface area (Å²) in [5.41, 5.74) is 3.02. The van der Waals surface area contributed by atoms with Crippen molar-refractivity contribution in [1.29, 1.82) is 0 Å². The van der Waals surface area contributed by atoms with E-state index in [4.69, 9.17) is 30.5 Å². The SMILES string of the molecule is COC(=O)COC1(c2ccc(OCc3cccc(-c4ccc(OCCCS(C)(=O)=O)cc4Cl)c3)cc2)COC1. The average Bonchev–Trinajstić information content (AvgIpc) is 2.89. The van der Waals surface area contributed by atoms with Crippen LogP contribution in [0.2, 0.25) is 5.02 Å². The zero-order valence-corrected chi connectivity index (χ0v) is 23.4. The Morgan fingerprint density at radius 2 is 1.74 bits per heavy atom. The van der Waals surface area contributed by atoms with Gasteiger partial charge in [0.1, 0.15) is 40.2 Å². The van der Waals surface area contributed by atoms with Gasteiger partial charge in [-0.3, -0.25) is 0 Å². The first-order valence-corrected chi connectivity index (χ1v) is 14.8. The van der Waals surface area contributed by atoms with Crippen LogP contribution in [0.1, 0.15) is 17.5 Å². The minimum absolute atomic E-state index is 0.0824. The Labute approximate surface area is 233 Å². The minimum atomic E-state index is -3.01. The van der Waals surface area contributed by atoms with E-state index in [2.05, 4.69) is 4.74 Å². The Kier molecular flexibility index (Phi) is 9.50. The Balaban J connectivity index is 1.34. The minimum Gasteiger partial charge on any atom is -0.494 e. The number of ether oxygens (including phenoxy) is 5. The maximum atomic E-state index is 11.5. The molecule has 0 unspecified atom stereocenters. The molecule has 3 aromatic carbocycles. The largest absolute Gasteiger partial charge is 0.494 e. The van der Waals surface area contributed by atoms with Crippen molar-refractivity contribution in [3.8, 4) is 22.6 Å². The van der Waals surface area contributed by atoms with Crippen LogP contribution < -0.4 is 9.47 Å². The number of carbonyl (C=O) groups excluding carboxylic acids is 1. The van der Waals surface area contributed by atoms with Crippen LogP contribution in [-0.2, 0) is 41.1 Å². The van der Waals surface area contributed by atoms with Gasteiger partial charge >= 0.3 is 5.97 Å². The lowest BCUT2D eigenvalue weighted by atomic mass is 9.91. The molecule has 3 aromatic rings. The summed E-state index contributed by atoms with van der Waals surface area (Å²) >= 11 is 6.54. The van der Waals surface area contributed by atoms with Crippen LogP contribution in [0.3, 0.4) is 0 Å². The summed E-state index contributed by atoms with van der Waals surface area (Å²) < 4.78 is 50.0. The Morgan fingerprint density at radius 3 is 2.38 bits per heavy atom. The van der Waals surface area contributed by atoms with Crippen molar-refractivity contribution in [1.82, 2.24) is 0 Å². The molecule has 0 saturated carbocycles. The molecule has 1 fully saturated rings. The highest BCUT2D eigenvalue weighted by Crippen LogP contribution is 2.35. The topological polar surface area (TPSA) is 97.4 Å². The first kappa shape index (κ1) is 28.9. The first-order chi connectivity index (χ1) is 18.7. The second-order valence-electron chi connectivity index (χ2n) is 9.34. The van der Waals surface area contributed by atoms with E-state index >= 15 is 0 Å². The third kappa shape index (κ3) is 7.95. The summed E-state index contributed by atoms with van der Waals surface area (Å²) in [6.45, 7) is 1.26. The van der Waals surface area contributed by atoms with Gasteiger partial charge in [0, 0.05) is 11.8 Å². The maximum absolute atomic E-state index is 11.5. The number of halogens is 1. The molecular weight excluding hydrogens is 544 g/mol. The molecule has 0 aliphatic carbocycles. The zero-order valence-electron chi connectivity index (χ0n) is 21.9. The van der Waals surface area contributed by atoms with Crippen LogP contribution in [0.4, 0.5) is 0 Å². The number of hydrogen-bond acceptors (Lipinski definition) is 8. The molecule has 10 heteroatoms. The summed E-state index contributed by atoms with van der Waals surface area (Å²) in [5.74, 6) is 0.934. The van der Waals surface area contributed by atoms with Crippen LogP contribution in [-0.4, -0.2) is 59.9 Å². The normalized spacial score (nSPS) is 14.3. The van der Waals surface area contributed by atoms with Crippen LogP contribution in [0.25, 0.3) is 11.1 Å². The van der Waals surface area contributed by atoms with E-state index in [0.717, 1.165) is 22.3 Å². The predicted octanol–water partition coefficient (Wildman–Crippen LogP) is 4.81. The summed E-state index contributed by atoms with van der Waals surface area (Å²) in [6.07, 6.45) is 1.63. The van der Waals surface area contributed by atoms with E-state index in [0.29, 0.717) is 49.4 Å². The lowest BCUT2D eigenvalue weighted by Gasteiger charge is -2.41. The summed E-state index contributed by atoms with van der Waals surface area (Å²) in [4.78, 5) is 11.5. The quantitative estimate of drug-likeness (QED) is 0.212. The van der Waals surface area contributed by atoms with Crippen molar-refractivity contribution in [2.24, 2.45) is 0 Å². The number of rotatable bonds is 13. The molecule has 4 rings (SSSR count). The van der Waals surface area contributed by atoms with Crippen LogP contribution in [0, 0.1) is 0 Å². The van der Waals surface area contributed by atoms with Crippen molar-refractivity contribution in [2.45, 2.75) is 18.6 Å². The van der Waals surface area contributed by atoms with Crippen LogP contribution in [0.15, 0.2) is 66.7 Å². The number of hydrogen-bond donors (Lipinski definition) is 0. The molecule has 8 nitrogen and oxygen atoms in total. The van der Waals surface area contributed by atoms with E-state index < -0.39 is 21.4 Å². The van der Waals surface area contributed by atoms with Gasteiger partial charge in [-0.25, -0.2) is 13.2 Å². The van der Waals surface area contributed by atoms with Crippen molar-refractivity contribution >= 4 is 27.4 Å².